The van der Waals surface area contributed by atoms with Crippen LogP contribution in [0.4, 0.5) is 0 Å². The summed E-state index contributed by atoms with van der Waals surface area (Å²) in [6.45, 7) is 13.3. The van der Waals surface area contributed by atoms with Gasteiger partial charge in [0.05, 0.1) is 11.2 Å². The second-order valence-electron chi connectivity index (χ2n) is 7.66. The summed E-state index contributed by atoms with van der Waals surface area (Å²) in [7, 11) is 0. The van der Waals surface area contributed by atoms with Crippen LogP contribution < -0.4 is 5.69 Å². The fraction of sp³-hybridized carbons (Fsp3) is 0.529. The monoisotopic (exact) mass is 272 g/mol. The van der Waals surface area contributed by atoms with E-state index in [-0.39, 0.29) is 16.5 Å². The van der Waals surface area contributed by atoms with Crippen LogP contribution in [0.25, 0.3) is 10.9 Å². The van der Waals surface area contributed by atoms with Gasteiger partial charge in [0.25, 0.3) is 0 Å². The van der Waals surface area contributed by atoms with Gasteiger partial charge in [-0.25, -0.2) is 4.79 Å². The number of aromatic nitrogens is 2. The van der Waals surface area contributed by atoms with E-state index in [9.17, 15) is 4.79 Å². The first-order chi connectivity index (χ1) is 9.09. The predicted octanol–water partition coefficient (Wildman–Crippen LogP) is 3.74. The SMILES string of the molecule is CC(C)(C)Cn1c(=O)nc(C(C)(C)C)c2ccccc21. The molecule has 0 aliphatic carbocycles. The van der Waals surface area contributed by atoms with Gasteiger partial charge in [0.2, 0.25) is 0 Å². The van der Waals surface area contributed by atoms with Crippen LogP contribution in [-0.2, 0) is 12.0 Å². The van der Waals surface area contributed by atoms with E-state index in [0.717, 1.165) is 16.6 Å². The molecule has 1 heterocycles. The van der Waals surface area contributed by atoms with Crippen LogP contribution in [0.15, 0.2) is 29.1 Å². The van der Waals surface area contributed by atoms with E-state index in [1.165, 1.54) is 0 Å². The topological polar surface area (TPSA) is 34.9 Å². The molecule has 20 heavy (non-hydrogen) atoms. The maximum absolute atomic E-state index is 12.4. The average Bonchev–Trinajstić information content (AvgIpc) is 2.29. The van der Waals surface area contributed by atoms with Crippen LogP contribution in [0, 0.1) is 5.41 Å². The highest BCUT2D eigenvalue weighted by Gasteiger charge is 2.22. The Kier molecular flexibility index (Phi) is 3.49. The molecule has 0 aliphatic heterocycles. The maximum Gasteiger partial charge on any atom is 0.348 e. The number of nitrogens with zero attached hydrogens (tertiary/aromatic N) is 2. The molecule has 0 spiro atoms. The number of fused-ring (bicyclic) bond motifs is 1. The minimum atomic E-state index is -0.149. The van der Waals surface area contributed by atoms with Crippen molar-refractivity contribution in [1.29, 1.82) is 0 Å². The number of hydrogen-bond donors (Lipinski definition) is 0. The van der Waals surface area contributed by atoms with Gasteiger partial charge in [-0.2, -0.15) is 4.98 Å². The minimum absolute atomic E-state index is 0.0392. The fourth-order valence-electron chi connectivity index (χ4n) is 2.43. The van der Waals surface area contributed by atoms with Gasteiger partial charge < -0.3 is 0 Å². The third kappa shape index (κ3) is 2.92. The molecular weight excluding hydrogens is 248 g/mol. The average molecular weight is 272 g/mol. The van der Waals surface area contributed by atoms with Gasteiger partial charge in [-0.3, -0.25) is 4.57 Å². The quantitative estimate of drug-likeness (QED) is 0.792. The predicted molar refractivity (Wildman–Crippen MR) is 84.2 cm³/mol. The smallest absolute Gasteiger partial charge is 0.291 e. The van der Waals surface area contributed by atoms with Crippen molar-refractivity contribution in [2.75, 3.05) is 0 Å². The molecule has 2 aromatic rings. The lowest BCUT2D eigenvalue weighted by molar-refractivity contribution is 0.341. The molecule has 108 valence electrons. The number of benzene rings is 1. The summed E-state index contributed by atoms with van der Waals surface area (Å²) in [6.07, 6.45) is 0. The number of para-hydroxylation sites is 1. The summed E-state index contributed by atoms with van der Waals surface area (Å²) < 4.78 is 1.80. The van der Waals surface area contributed by atoms with E-state index in [4.69, 9.17) is 0 Å². The van der Waals surface area contributed by atoms with Crippen molar-refractivity contribution in [2.24, 2.45) is 5.41 Å². The second-order valence-corrected chi connectivity index (χ2v) is 7.66. The highest BCUT2D eigenvalue weighted by atomic mass is 16.1. The van der Waals surface area contributed by atoms with Gasteiger partial charge in [-0.05, 0) is 11.5 Å². The first kappa shape index (κ1) is 14.8. The molecule has 0 fully saturated rings. The Bertz CT molecular complexity index is 685. The molecule has 0 amide bonds. The molecule has 0 saturated heterocycles. The summed E-state index contributed by atoms with van der Waals surface area (Å²) in [4.78, 5) is 16.8. The van der Waals surface area contributed by atoms with Crippen LogP contribution in [-0.4, -0.2) is 9.55 Å². The molecule has 1 aromatic carbocycles. The Morgan fingerprint density at radius 1 is 1.05 bits per heavy atom. The highest BCUT2D eigenvalue weighted by molar-refractivity contribution is 5.82. The molecular formula is C17H24N2O. The number of rotatable bonds is 1. The largest absolute Gasteiger partial charge is 0.348 e. The molecule has 0 N–H and O–H groups in total. The van der Waals surface area contributed by atoms with Gasteiger partial charge in [0.15, 0.2) is 0 Å². The van der Waals surface area contributed by atoms with Crippen LogP contribution in [0.5, 0.6) is 0 Å². The Labute approximate surface area is 120 Å². The zero-order valence-corrected chi connectivity index (χ0v) is 13.3. The second kappa shape index (κ2) is 4.72. The van der Waals surface area contributed by atoms with E-state index in [1.807, 2.05) is 18.2 Å². The van der Waals surface area contributed by atoms with E-state index in [2.05, 4.69) is 52.6 Å². The molecule has 0 atom stereocenters. The molecule has 1 aromatic heterocycles. The van der Waals surface area contributed by atoms with Crippen LogP contribution in [0.1, 0.15) is 47.2 Å². The zero-order valence-electron chi connectivity index (χ0n) is 13.3. The zero-order chi connectivity index (χ0) is 15.1. The maximum atomic E-state index is 12.4. The Balaban J connectivity index is 2.80. The van der Waals surface area contributed by atoms with E-state index < -0.39 is 0 Å². The molecule has 0 radical (unpaired) electrons. The van der Waals surface area contributed by atoms with Crippen LogP contribution in [0.3, 0.4) is 0 Å². The van der Waals surface area contributed by atoms with Gasteiger partial charge in [0.1, 0.15) is 0 Å². The summed E-state index contributed by atoms with van der Waals surface area (Å²) in [5.41, 5.74) is 1.61. The summed E-state index contributed by atoms with van der Waals surface area (Å²) in [5.74, 6) is 0. The first-order valence-electron chi connectivity index (χ1n) is 7.10. The van der Waals surface area contributed by atoms with E-state index in [1.54, 1.807) is 4.57 Å². The molecule has 3 nitrogen and oxygen atoms in total. The Morgan fingerprint density at radius 3 is 2.20 bits per heavy atom. The van der Waals surface area contributed by atoms with Crippen molar-refractivity contribution in [3.63, 3.8) is 0 Å². The molecule has 2 rings (SSSR count). The lowest BCUT2D eigenvalue weighted by atomic mass is 9.89. The van der Waals surface area contributed by atoms with Crippen molar-refractivity contribution < 1.29 is 0 Å². The number of hydrogen-bond acceptors (Lipinski definition) is 2. The van der Waals surface area contributed by atoms with Crippen molar-refractivity contribution in [3.8, 4) is 0 Å². The van der Waals surface area contributed by atoms with E-state index in [0.29, 0.717) is 6.54 Å². The van der Waals surface area contributed by atoms with Crippen LogP contribution in [0.2, 0.25) is 0 Å². The minimum Gasteiger partial charge on any atom is -0.291 e. The van der Waals surface area contributed by atoms with Gasteiger partial charge >= 0.3 is 5.69 Å². The highest BCUT2D eigenvalue weighted by Crippen LogP contribution is 2.27. The normalized spacial score (nSPS) is 12.9. The van der Waals surface area contributed by atoms with Gasteiger partial charge in [-0.1, -0.05) is 59.7 Å². The van der Waals surface area contributed by atoms with Crippen molar-refractivity contribution in [1.82, 2.24) is 9.55 Å². The Morgan fingerprint density at radius 2 is 1.65 bits per heavy atom. The van der Waals surface area contributed by atoms with Crippen molar-refractivity contribution >= 4 is 10.9 Å². The third-order valence-corrected chi connectivity index (χ3v) is 3.23. The fourth-order valence-corrected chi connectivity index (χ4v) is 2.43. The van der Waals surface area contributed by atoms with E-state index >= 15 is 0 Å². The molecule has 0 saturated carbocycles. The van der Waals surface area contributed by atoms with Crippen molar-refractivity contribution in [3.05, 3.63) is 40.4 Å². The standard InChI is InChI=1S/C17H24N2O/c1-16(2,3)11-19-13-10-8-7-9-12(13)14(17(4,5)6)18-15(19)20/h7-10H,11H2,1-6H3. The molecule has 0 unspecified atom stereocenters. The van der Waals surface area contributed by atoms with Crippen LogP contribution >= 0.6 is 0 Å². The molecule has 0 bridgehead atoms. The molecule has 0 aliphatic rings. The lowest BCUT2D eigenvalue weighted by Crippen LogP contribution is -2.32. The first-order valence-corrected chi connectivity index (χ1v) is 7.10. The Hall–Kier alpha value is -1.64. The summed E-state index contributed by atoms with van der Waals surface area (Å²) >= 11 is 0. The summed E-state index contributed by atoms with van der Waals surface area (Å²) in [6, 6.07) is 8.06. The lowest BCUT2D eigenvalue weighted by Gasteiger charge is -2.24. The molecule has 3 heteroatoms. The third-order valence-electron chi connectivity index (χ3n) is 3.23. The van der Waals surface area contributed by atoms with Crippen molar-refractivity contribution in [2.45, 2.75) is 53.5 Å². The van der Waals surface area contributed by atoms with Gasteiger partial charge in [0, 0.05) is 17.3 Å². The summed E-state index contributed by atoms with van der Waals surface area (Å²) in [5, 5.41) is 1.07. The van der Waals surface area contributed by atoms with Gasteiger partial charge in [-0.15, -0.1) is 0 Å².